The lowest BCUT2D eigenvalue weighted by atomic mass is 10.1. The molecule has 2 rings (SSSR count). The first kappa shape index (κ1) is 16.1. The number of nitrogens with two attached hydrogens (primary N) is 1. The first-order valence-corrected chi connectivity index (χ1v) is 7.70. The Hall–Kier alpha value is -1.30. The predicted octanol–water partition coefficient (Wildman–Crippen LogP) is 1.54. The summed E-state index contributed by atoms with van der Waals surface area (Å²) in [4.78, 5) is 16.6. The molecule has 0 spiro atoms. The van der Waals surface area contributed by atoms with Crippen LogP contribution in [0.2, 0.25) is 5.02 Å². The third kappa shape index (κ3) is 4.33. The number of carbonyl (C=O) groups is 1. The van der Waals surface area contributed by atoms with Crippen LogP contribution >= 0.6 is 11.6 Å². The number of rotatable bonds is 5. The van der Waals surface area contributed by atoms with E-state index in [9.17, 15) is 9.90 Å². The van der Waals surface area contributed by atoms with E-state index < -0.39 is 0 Å². The van der Waals surface area contributed by atoms with Crippen molar-refractivity contribution in [2.75, 3.05) is 39.3 Å². The average molecular weight is 312 g/mol. The molecular weight excluding hydrogens is 290 g/mol. The molecule has 6 heteroatoms. The first-order valence-electron chi connectivity index (χ1n) is 7.32. The van der Waals surface area contributed by atoms with E-state index in [-0.39, 0.29) is 11.7 Å². The zero-order chi connectivity index (χ0) is 15.2. The van der Waals surface area contributed by atoms with E-state index in [0.29, 0.717) is 23.7 Å². The Kier molecular flexibility index (Phi) is 5.85. The molecule has 1 aliphatic heterocycles. The van der Waals surface area contributed by atoms with Gasteiger partial charge < -0.3 is 15.7 Å². The molecule has 3 N–H and O–H groups in total. The fourth-order valence-electron chi connectivity index (χ4n) is 2.50. The van der Waals surface area contributed by atoms with Crippen molar-refractivity contribution in [3.05, 3.63) is 28.8 Å². The van der Waals surface area contributed by atoms with Gasteiger partial charge in [0.05, 0.1) is 10.6 Å². The number of hydrogen-bond acceptors (Lipinski definition) is 4. The molecule has 1 saturated heterocycles. The fraction of sp³-hybridized carbons (Fsp3) is 0.533. The van der Waals surface area contributed by atoms with Gasteiger partial charge in [-0.15, -0.1) is 0 Å². The van der Waals surface area contributed by atoms with Gasteiger partial charge >= 0.3 is 0 Å². The monoisotopic (exact) mass is 311 g/mol. The summed E-state index contributed by atoms with van der Waals surface area (Å²) in [7, 11) is 0. The zero-order valence-corrected chi connectivity index (χ0v) is 12.9. The van der Waals surface area contributed by atoms with Gasteiger partial charge in [-0.05, 0) is 44.1 Å². The van der Waals surface area contributed by atoms with Crippen LogP contribution in [0.15, 0.2) is 18.2 Å². The second-order valence-electron chi connectivity index (χ2n) is 5.29. The van der Waals surface area contributed by atoms with E-state index in [2.05, 4.69) is 4.90 Å². The maximum atomic E-state index is 12.4. The summed E-state index contributed by atoms with van der Waals surface area (Å²) < 4.78 is 0. The molecule has 0 bridgehead atoms. The number of hydrogen-bond donors (Lipinski definition) is 2. The first-order chi connectivity index (χ1) is 10.1. The summed E-state index contributed by atoms with van der Waals surface area (Å²) >= 11 is 6.04. The Morgan fingerprint density at radius 3 is 2.62 bits per heavy atom. The quantitative estimate of drug-likeness (QED) is 0.809. The van der Waals surface area contributed by atoms with E-state index in [1.54, 1.807) is 11.0 Å². The SMILES string of the molecule is NCCCCN1CCN(C(=O)c2cc(O)ccc2Cl)CC1. The molecule has 21 heavy (non-hydrogen) atoms. The van der Waals surface area contributed by atoms with Crippen molar-refractivity contribution in [3.8, 4) is 5.75 Å². The van der Waals surface area contributed by atoms with Gasteiger partial charge in [0.2, 0.25) is 0 Å². The van der Waals surface area contributed by atoms with Crippen LogP contribution in [-0.2, 0) is 0 Å². The zero-order valence-electron chi connectivity index (χ0n) is 12.1. The van der Waals surface area contributed by atoms with Crippen molar-refractivity contribution in [1.82, 2.24) is 9.80 Å². The fourth-order valence-corrected chi connectivity index (χ4v) is 2.70. The van der Waals surface area contributed by atoms with Crippen LogP contribution < -0.4 is 5.73 Å². The van der Waals surface area contributed by atoms with Crippen LogP contribution in [0, 0.1) is 0 Å². The molecule has 1 aromatic carbocycles. The minimum atomic E-state index is -0.113. The molecule has 0 saturated carbocycles. The molecule has 0 unspecified atom stereocenters. The normalized spacial score (nSPS) is 16.2. The number of nitrogens with zero attached hydrogens (tertiary/aromatic N) is 2. The second kappa shape index (κ2) is 7.64. The highest BCUT2D eigenvalue weighted by Gasteiger charge is 2.23. The van der Waals surface area contributed by atoms with Crippen LogP contribution in [0.1, 0.15) is 23.2 Å². The van der Waals surface area contributed by atoms with E-state index >= 15 is 0 Å². The van der Waals surface area contributed by atoms with Crippen molar-refractivity contribution in [2.24, 2.45) is 5.73 Å². The van der Waals surface area contributed by atoms with E-state index in [4.69, 9.17) is 17.3 Å². The highest BCUT2D eigenvalue weighted by molar-refractivity contribution is 6.33. The molecule has 116 valence electrons. The number of aromatic hydroxyl groups is 1. The third-order valence-corrected chi connectivity index (χ3v) is 4.10. The highest BCUT2D eigenvalue weighted by Crippen LogP contribution is 2.23. The lowest BCUT2D eigenvalue weighted by molar-refractivity contribution is 0.0635. The Balaban J connectivity index is 1.89. The van der Waals surface area contributed by atoms with Gasteiger partial charge in [-0.3, -0.25) is 9.69 Å². The number of phenols is 1. The minimum absolute atomic E-state index is 0.0585. The molecule has 1 amide bonds. The molecule has 1 heterocycles. The number of benzene rings is 1. The Labute approximate surface area is 130 Å². The van der Waals surface area contributed by atoms with Gasteiger partial charge in [-0.1, -0.05) is 11.6 Å². The third-order valence-electron chi connectivity index (χ3n) is 3.77. The summed E-state index contributed by atoms with van der Waals surface area (Å²) in [6.07, 6.45) is 2.14. The maximum Gasteiger partial charge on any atom is 0.255 e. The number of piperazine rings is 1. The summed E-state index contributed by atoms with van der Waals surface area (Å²) in [5, 5.41) is 9.88. The second-order valence-corrected chi connectivity index (χ2v) is 5.70. The predicted molar refractivity (Wildman–Crippen MR) is 83.7 cm³/mol. The molecule has 1 fully saturated rings. The molecule has 0 radical (unpaired) electrons. The molecule has 0 aliphatic carbocycles. The number of phenolic OH excluding ortho intramolecular Hbond substituents is 1. The molecule has 1 aromatic rings. The largest absolute Gasteiger partial charge is 0.508 e. The van der Waals surface area contributed by atoms with Gasteiger partial charge in [0.15, 0.2) is 0 Å². The summed E-state index contributed by atoms with van der Waals surface area (Å²) in [5.74, 6) is -0.0549. The van der Waals surface area contributed by atoms with Gasteiger partial charge in [0.25, 0.3) is 5.91 Å². The van der Waals surface area contributed by atoms with Gasteiger partial charge in [-0.2, -0.15) is 0 Å². The summed E-state index contributed by atoms with van der Waals surface area (Å²) in [6, 6.07) is 4.46. The van der Waals surface area contributed by atoms with E-state index in [1.807, 2.05) is 0 Å². The lowest BCUT2D eigenvalue weighted by Crippen LogP contribution is -2.48. The Morgan fingerprint density at radius 2 is 1.95 bits per heavy atom. The van der Waals surface area contributed by atoms with Crippen molar-refractivity contribution < 1.29 is 9.90 Å². The minimum Gasteiger partial charge on any atom is -0.508 e. The topological polar surface area (TPSA) is 69.8 Å². The van der Waals surface area contributed by atoms with Crippen LogP contribution in [0.3, 0.4) is 0 Å². The molecular formula is C15H22ClN3O2. The average Bonchev–Trinajstić information content (AvgIpc) is 2.50. The number of unbranched alkanes of at least 4 members (excludes halogenated alkanes) is 1. The van der Waals surface area contributed by atoms with E-state index in [0.717, 1.165) is 39.0 Å². The standard InChI is InChI=1S/C15H22ClN3O2/c16-14-4-3-12(20)11-13(14)15(21)19-9-7-18(8-10-19)6-2-1-5-17/h3-4,11,20H,1-2,5-10,17H2. The summed E-state index contributed by atoms with van der Waals surface area (Å²) in [6.45, 7) is 4.88. The van der Waals surface area contributed by atoms with Crippen LogP contribution in [0.5, 0.6) is 5.75 Å². The van der Waals surface area contributed by atoms with Crippen LogP contribution in [0.25, 0.3) is 0 Å². The van der Waals surface area contributed by atoms with Crippen LogP contribution in [0.4, 0.5) is 0 Å². The van der Waals surface area contributed by atoms with Gasteiger partial charge in [-0.25, -0.2) is 0 Å². The van der Waals surface area contributed by atoms with Crippen molar-refractivity contribution in [2.45, 2.75) is 12.8 Å². The molecule has 1 aliphatic rings. The molecule has 0 aromatic heterocycles. The molecule has 5 nitrogen and oxygen atoms in total. The van der Waals surface area contributed by atoms with Gasteiger partial charge in [0.1, 0.15) is 5.75 Å². The summed E-state index contributed by atoms with van der Waals surface area (Å²) in [5.41, 5.74) is 5.86. The number of halogens is 1. The maximum absolute atomic E-state index is 12.4. The smallest absolute Gasteiger partial charge is 0.255 e. The van der Waals surface area contributed by atoms with Crippen LogP contribution in [-0.4, -0.2) is 60.1 Å². The number of amides is 1. The van der Waals surface area contributed by atoms with Crippen molar-refractivity contribution >= 4 is 17.5 Å². The van der Waals surface area contributed by atoms with E-state index in [1.165, 1.54) is 12.1 Å². The highest BCUT2D eigenvalue weighted by atomic mass is 35.5. The van der Waals surface area contributed by atoms with Crippen molar-refractivity contribution in [1.29, 1.82) is 0 Å². The van der Waals surface area contributed by atoms with Gasteiger partial charge in [0, 0.05) is 26.2 Å². The Morgan fingerprint density at radius 1 is 1.24 bits per heavy atom. The lowest BCUT2D eigenvalue weighted by Gasteiger charge is -2.34. The Bertz CT molecular complexity index is 488. The van der Waals surface area contributed by atoms with Crippen molar-refractivity contribution in [3.63, 3.8) is 0 Å². The molecule has 0 atom stereocenters. The number of carbonyl (C=O) groups excluding carboxylic acids is 1.